The van der Waals surface area contributed by atoms with Gasteiger partial charge in [-0.15, -0.1) is 0 Å². The maximum absolute atomic E-state index is 12.7. The Kier molecular flexibility index (Phi) is 7.65. The van der Waals surface area contributed by atoms with Gasteiger partial charge in [0.15, 0.2) is 14.9 Å². The third kappa shape index (κ3) is 6.49. The van der Waals surface area contributed by atoms with Crippen LogP contribution in [0.4, 0.5) is 19.1 Å². The molecule has 2 aromatic rings. The van der Waals surface area contributed by atoms with E-state index >= 15 is 0 Å². The first-order valence-electron chi connectivity index (χ1n) is 11.9. The van der Waals surface area contributed by atoms with Gasteiger partial charge >= 0.3 is 6.18 Å². The molecule has 2 aromatic heterocycles. The normalized spacial score (nSPS) is 22.4. The number of anilines is 1. The number of piperidine rings is 1. The highest BCUT2D eigenvalue weighted by atomic mass is 32.2. The summed E-state index contributed by atoms with van der Waals surface area (Å²) in [5, 5.41) is 0.117. The van der Waals surface area contributed by atoms with Crippen LogP contribution in [0.1, 0.15) is 61.3 Å². The Hall–Kier alpha value is -2.27. The molecule has 35 heavy (non-hydrogen) atoms. The lowest BCUT2D eigenvalue weighted by molar-refractivity contribution is -0.138. The summed E-state index contributed by atoms with van der Waals surface area (Å²) in [7, 11) is -3.31. The Balaban J connectivity index is 1.20. The molecule has 0 N–H and O–H groups in total. The SMILES string of the molecule is Cc1nc(S(C)(=O)=O)ccc1[C@H]1CC[C@H](OCC2CCN(c3ncc(C(F)(F)F)cn3)CC2)CC1. The third-order valence-electron chi connectivity index (χ3n) is 7.03. The van der Waals surface area contributed by atoms with Gasteiger partial charge in [0.25, 0.3) is 0 Å². The highest BCUT2D eigenvalue weighted by Gasteiger charge is 2.32. The first kappa shape index (κ1) is 25.8. The monoisotopic (exact) mass is 512 g/mol. The molecule has 0 aromatic carbocycles. The van der Waals surface area contributed by atoms with Crippen molar-refractivity contribution in [2.24, 2.45) is 5.92 Å². The number of hydrogen-bond donors (Lipinski definition) is 0. The summed E-state index contributed by atoms with van der Waals surface area (Å²) in [4.78, 5) is 14.0. The molecule has 192 valence electrons. The molecule has 0 amide bonds. The van der Waals surface area contributed by atoms with E-state index in [2.05, 4.69) is 15.0 Å². The van der Waals surface area contributed by atoms with Crippen molar-refractivity contribution in [3.63, 3.8) is 0 Å². The van der Waals surface area contributed by atoms with E-state index in [-0.39, 0.29) is 11.1 Å². The van der Waals surface area contributed by atoms with Gasteiger partial charge in [-0.3, -0.25) is 0 Å². The minimum Gasteiger partial charge on any atom is -0.378 e. The maximum Gasteiger partial charge on any atom is 0.419 e. The average molecular weight is 513 g/mol. The smallest absolute Gasteiger partial charge is 0.378 e. The van der Waals surface area contributed by atoms with Crippen molar-refractivity contribution in [1.82, 2.24) is 15.0 Å². The second-order valence-corrected chi connectivity index (χ2v) is 11.6. The quantitative estimate of drug-likeness (QED) is 0.561. The van der Waals surface area contributed by atoms with Crippen molar-refractivity contribution < 1.29 is 26.3 Å². The number of aryl methyl sites for hydroxylation is 1. The molecule has 7 nitrogen and oxygen atoms in total. The van der Waals surface area contributed by atoms with Crippen molar-refractivity contribution in [2.45, 2.75) is 68.7 Å². The molecule has 11 heteroatoms. The number of rotatable bonds is 6. The zero-order valence-electron chi connectivity index (χ0n) is 20.0. The van der Waals surface area contributed by atoms with Crippen molar-refractivity contribution in [3.05, 3.63) is 41.3 Å². The molecule has 0 bridgehead atoms. The van der Waals surface area contributed by atoms with Crippen LogP contribution in [0.3, 0.4) is 0 Å². The van der Waals surface area contributed by atoms with Gasteiger partial charge in [-0.05, 0) is 68.9 Å². The minimum absolute atomic E-state index is 0.117. The van der Waals surface area contributed by atoms with Gasteiger partial charge < -0.3 is 9.64 Å². The van der Waals surface area contributed by atoms with Crippen LogP contribution in [-0.2, 0) is 20.8 Å². The largest absolute Gasteiger partial charge is 0.419 e. The van der Waals surface area contributed by atoms with Crippen LogP contribution in [0.25, 0.3) is 0 Å². The summed E-state index contributed by atoms with van der Waals surface area (Å²) >= 11 is 0. The van der Waals surface area contributed by atoms with E-state index in [4.69, 9.17) is 4.74 Å². The van der Waals surface area contributed by atoms with Gasteiger partial charge in [-0.25, -0.2) is 23.4 Å². The predicted molar refractivity (Wildman–Crippen MR) is 125 cm³/mol. The standard InChI is InChI=1S/C24H31F3N4O3S/c1-16-21(7-8-22(30-16)35(2,32)33)18-3-5-20(6-4-18)34-15-17-9-11-31(12-10-17)23-28-13-19(14-29-23)24(25,26)27/h7-8,13-14,17-18,20H,3-6,9-12,15H2,1-2H3/t18-,20-. The zero-order chi connectivity index (χ0) is 25.2. The molecular formula is C24H31F3N4O3S. The van der Waals surface area contributed by atoms with Crippen molar-refractivity contribution in [3.8, 4) is 0 Å². The molecule has 2 aliphatic rings. The van der Waals surface area contributed by atoms with Gasteiger partial charge in [0.05, 0.1) is 11.7 Å². The lowest BCUT2D eigenvalue weighted by atomic mass is 9.82. The number of aromatic nitrogens is 3. The summed E-state index contributed by atoms with van der Waals surface area (Å²) < 4.78 is 67.8. The highest BCUT2D eigenvalue weighted by molar-refractivity contribution is 7.90. The fourth-order valence-corrected chi connectivity index (χ4v) is 5.55. The van der Waals surface area contributed by atoms with Gasteiger partial charge in [0.1, 0.15) is 0 Å². The van der Waals surface area contributed by atoms with Crippen molar-refractivity contribution in [1.29, 1.82) is 0 Å². The Morgan fingerprint density at radius 2 is 1.66 bits per heavy atom. The minimum atomic E-state index is -4.43. The molecule has 1 saturated carbocycles. The first-order chi connectivity index (χ1) is 16.5. The number of alkyl halides is 3. The number of ether oxygens (including phenoxy) is 1. The van der Waals surface area contributed by atoms with Crippen LogP contribution in [0.15, 0.2) is 29.6 Å². The average Bonchev–Trinajstić information content (AvgIpc) is 2.82. The van der Waals surface area contributed by atoms with Gasteiger partial charge in [-0.1, -0.05) is 6.07 Å². The molecule has 4 rings (SSSR count). The van der Waals surface area contributed by atoms with Crippen molar-refractivity contribution >= 4 is 15.8 Å². The first-order valence-corrected chi connectivity index (χ1v) is 13.8. The summed E-state index contributed by atoms with van der Waals surface area (Å²) in [5.41, 5.74) is 1.06. The number of halogens is 3. The molecule has 1 aliphatic heterocycles. The fraction of sp³-hybridized carbons (Fsp3) is 0.625. The van der Waals surface area contributed by atoms with Crippen LogP contribution in [0.5, 0.6) is 0 Å². The fourth-order valence-electron chi connectivity index (χ4n) is 4.93. The van der Waals surface area contributed by atoms with E-state index in [9.17, 15) is 21.6 Å². The summed E-state index contributed by atoms with van der Waals surface area (Å²) in [6.45, 7) is 3.94. The zero-order valence-corrected chi connectivity index (χ0v) is 20.8. The van der Waals surface area contributed by atoms with E-state index in [1.807, 2.05) is 17.9 Å². The Bertz CT molecular complexity index is 1110. The van der Waals surface area contributed by atoms with Crippen LogP contribution in [0.2, 0.25) is 0 Å². The second kappa shape index (κ2) is 10.4. The Labute approximate surface area is 204 Å². The lowest BCUT2D eigenvalue weighted by Gasteiger charge is -2.34. The van der Waals surface area contributed by atoms with Crippen LogP contribution in [0, 0.1) is 12.8 Å². The van der Waals surface area contributed by atoms with E-state index in [0.29, 0.717) is 37.5 Å². The van der Waals surface area contributed by atoms with Gasteiger partial charge in [-0.2, -0.15) is 13.2 Å². The molecule has 1 saturated heterocycles. The van der Waals surface area contributed by atoms with E-state index in [1.165, 1.54) is 6.26 Å². The van der Waals surface area contributed by atoms with E-state index in [1.54, 1.807) is 6.07 Å². The number of hydrogen-bond acceptors (Lipinski definition) is 7. The number of sulfone groups is 1. The van der Waals surface area contributed by atoms with Crippen LogP contribution in [-0.4, -0.2) is 55.4 Å². The molecule has 0 unspecified atom stereocenters. The molecular weight excluding hydrogens is 481 g/mol. The van der Waals surface area contributed by atoms with E-state index in [0.717, 1.165) is 62.2 Å². The molecule has 3 heterocycles. The lowest BCUT2D eigenvalue weighted by Crippen LogP contribution is -2.37. The Morgan fingerprint density at radius 1 is 1.03 bits per heavy atom. The number of nitrogens with zero attached hydrogens (tertiary/aromatic N) is 4. The van der Waals surface area contributed by atoms with Gasteiger partial charge in [0.2, 0.25) is 5.95 Å². The third-order valence-corrected chi connectivity index (χ3v) is 8.01. The maximum atomic E-state index is 12.7. The predicted octanol–water partition coefficient (Wildman–Crippen LogP) is 4.56. The summed E-state index contributed by atoms with van der Waals surface area (Å²) in [5.74, 6) is 1.11. The molecule has 0 radical (unpaired) electrons. The Morgan fingerprint density at radius 3 is 2.20 bits per heavy atom. The highest BCUT2D eigenvalue weighted by Crippen LogP contribution is 2.36. The van der Waals surface area contributed by atoms with Crippen LogP contribution < -0.4 is 4.90 Å². The molecule has 0 spiro atoms. The molecule has 1 aliphatic carbocycles. The summed E-state index contributed by atoms with van der Waals surface area (Å²) in [6.07, 6.45) is 4.28. The van der Waals surface area contributed by atoms with Crippen LogP contribution >= 0.6 is 0 Å². The topological polar surface area (TPSA) is 85.3 Å². The number of pyridine rings is 1. The van der Waals surface area contributed by atoms with E-state index < -0.39 is 21.6 Å². The molecule has 2 fully saturated rings. The van der Waals surface area contributed by atoms with Crippen molar-refractivity contribution in [2.75, 3.05) is 30.9 Å². The van der Waals surface area contributed by atoms with Gasteiger partial charge in [0, 0.05) is 44.0 Å². The second-order valence-electron chi connectivity index (χ2n) is 9.60. The molecule has 0 atom stereocenters. The summed E-state index contributed by atoms with van der Waals surface area (Å²) in [6, 6.07) is 3.50.